The molecule has 1 aliphatic heterocycles. The molecule has 0 radical (unpaired) electrons. The van der Waals surface area contributed by atoms with Gasteiger partial charge in [0.25, 0.3) is 0 Å². The minimum atomic E-state index is -2.00. The molecule has 1 fully saturated rings. The van der Waals surface area contributed by atoms with E-state index in [1.807, 2.05) is 12.1 Å². The molecule has 5 heteroatoms. The first-order valence-corrected chi connectivity index (χ1v) is 15.0. The predicted octanol–water partition coefficient (Wildman–Crippen LogP) is 7.93. The zero-order valence-corrected chi connectivity index (χ0v) is 21.0. The summed E-state index contributed by atoms with van der Waals surface area (Å²) in [4.78, 5) is 0. The van der Waals surface area contributed by atoms with Crippen LogP contribution in [-0.4, -0.2) is 10.5 Å². The summed E-state index contributed by atoms with van der Waals surface area (Å²) in [7, 11) is -2.98. The maximum Gasteiger partial charge on any atom is 0.151 e. The van der Waals surface area contributed by atoms with Gasteiger partial charge in [-0.15, -0.1) is 0 Å². The molecule has 0 bridgehead atoms. The van der Waals surface area contributed by atoms with Crippen LogP contribution in [0.25, 0.3) is 0 Å². The average Bonchev–Trinajstić information content (AvgIpc) is 3.60. The van der Waals surface area contributed by atoms with Gasteiger partial charge >= 0.3 is 0 Å². The Labute approximate surface area is 199 Å². The number of benzene rings is 2. The summed E-state index contributed by atoms with van der Waals surface area (Å²) in [5.74, 6) is 0. The third-order valence-electron chi connectivity index (χ3n) is 6.64. The second-order valence-corrected chi connectivity index (χ2v) is 14.6. The maximum absolute atomic E-state index is 6.05. The zero-order valence-electron chi connectivity index (χ0n) is 19.2. The van der Waals surface area contributed by atoms with Gasteiger partial charge in [0.15, 0.2) is 11.0 Å². The summed E-state index contributed by atoms with van der Waals surface area (Å²) in [5.41, 5.74) is 5.56. The van der Waals surface area contributed by atoms with Crippen molar-refractivity contribution in [3.63, 3.8) is 0 Å². The Morgan fingerprint density at radius 3 is 1.58 bits per heavy atom. The highest BCUT2D eigenvalue weighted by Gasteiger charge is 2.57. The summed E-state index contributed by atoms with van der Waals surface area (Å²) in [6, 6.07) is 30.5. The van der Waals surface area contributed by atoms with Gasteiger partial charge in [-0.05, 0) is 69.5 Å². The number of rotatable bonds is 7. The maximum atomic E-state index is 6.05. The Bertz CT molecular complexity index is 1050. The summed E-state index contributed by atoms with van der Waals surface area (Å²) in [6.07, 6.45) is 5.84. The van der Waals surface area contributed by atoms with Crippen LogP contribution in [0, 0.1) is 6.66 Å². The van der Waals surface area contributed by atoms with Gasteiger partial charge in [0.1, 0.15) is 8.07 Å². The van der Waals surface area contributed by atoms with Crippen LogP contribution in [0.15, 0.2) is 106 Å². The zero-order chi connectivity index (χ0) is 22.8. The van der Waals surface area contributed by atoms with E-state index >= 15 is 0 Å². The molecule has 4 aromatic rings. The fourth-order valence-electron chi connectivity index (χ4n) is 5.38. The second-order valence-electron chi connectivity index (χ2n) is 8.95. The minimum Gasteiger partial charge on any atom is -0.463 e. The van der Waals surface area contributed by atoms with Gasteiger partial charge < -0.3 is 8.83 Å². The van der Waals surface area contributed by atoms with E-state index in [2.05, 4.69) is 91.1 Å². The van der Waals surface area contributed by atoms with Crippen molar-refractivity contribution in [2.24, 2.45) is 0 Å². The van der Waals surface area contributed by atoms with E-state index < -0.39 is 15.5 Å². The van der Waals surface area contributed by atoms with E-state index in [-0.39, 0.29) is 6.04 Å². The highest BCUT2D eigenvalue weighted by molar-refractivity contribution is 7.87. The van der Waals surface area contributed by atoms with Crippen LogP contribution in [0.5, 0.6) is 0 Å². The van der Waals surface area contributed by atoms with Gasteiger partial charge in [0.2, 0.25) is 0 Å². The van der Waals surface area contributed by atoms with Gasteiger partial charge in [0.05, 0.1) is 23.8 Å². The van der Waals surface area contributed by atoms with Crippen molar-refractivity contribution >= 4 is 26.5 Å². The largest absolute Gasteiger partial charge is 0.463 e. The fraction of sp³-hybridized carbons (Fsp3) is 0.250. The van der Waals surface area contributed by atoms with Gasteiger partial charge in [-0.2, -0.15) is 11.1 Å². The van der Waals surface area contributed by atoms with E-state index in [1.165, 1.54) is 11.1 Å². The van der Waals surface area contributed by atoms with Crippen molar-refractivity contribution in [3.8, 4) is 0 Å². The Morgan fingerprint density at radius 2 is 1.21 bits per heavy atom. The molecule has 1 aliphatic rings. The SMILES string of the molecule is [CH2-][P+]1(N(C(C)C)P(c2ccco2)c2ccco2)[C@@H](c2ccccc2)CC[C@@H]1c1ccccc1. The van der Waals surface area contributed by atoms with Crippen molar-refractivity contribution in [2.75, 3.05) is 0 Å². The summed E-state index contributed by atoms with van der Waals surface area (Å²) in [5, 5.41) is 0. The molecule has 2 aromatic heterocycles. The van der Waals surface area contributed by atoms with Gasteiger partial charge in [-0.3, -0.25) is 0 Å². The Morgan fingerprint density at radius 1 is 0.758 bits per heavy atom. The molecule has 2 aromatic carbocycles. The molecule has 0 amide bonds. The lowest BCUT2D eigenvalue weighted by Crippen LogP contribution is -2.34. The molecule has 2 atom stereocenters. The van der Waals surface area contributed by atoms with Crippen molar-refractivity contribution in [1.29, 1.82) is 0 Å². The van der Waals surface area contributed by atoms with Crippen molar-refractivity contribution in [3.05, 3.63) is 115 Å². The molecular formula is C28H31NO2P2. The summed E-state index contributed by atoms with van der Waals surface area (Å²) < 4.78 is 14.8. The molecular weight excluding hydrogens is 444 g/mol. The number of nitrogens with zero attached hydrogens (tertiary/aromatic N) is 1. The first-order chi connectivity index (χ1) is 16.1. The van der Waals surface area contributed by atoms with Crippen LogP contribution in [0.1, 0.15) is 49.1 Å². The van der Waals surface area contributed by atoms with Gasteiger partial charge in [-0.25, -0.2) is 0 Å². The number of hydrogen-bond acceptors (Lipinski definition) is 3. The third kappa shape index (κ3) is 4.12. The fourth-order valence-corrected chi connectivity index (χ4v) is 14.3. The second kappa shape index (κ2) is 9.59. The molecule has 0 unspecified atom stereocenters. The molecule has 33 heavy (non-hydrogen) atoms. The van der Waals surface area contributed by atoms with E-state index in [4.69, 9.17) is 15.5 Å². The lowest BCUT2D eigenvalue weighted by molar-refractivity contribution is 0.538. The van der Waals surface area contributed by atoms with E-state index in [0.717, 1.165) is 23.8 Å². The minimum absolute atomic E-state index is 0.285. The Balaban J connectivity index is 1.71. The van der Waals surface area contributed by atoms with E-state index in [1.54, 1.807) is 12.5 Å². The average molecular weight is 476 g/mol. The molecule has 5 rings (SSSR count). The lowest BCUT2D eigenvalue weighted by Gasteiger charge is -2.49. The standard InChI is InChI=1S/C28H31NO2P2/c1-22(2)29(32(27-16-10-20-30-27)28-17-11-21-31-28)33(3)25(23-12-6-4-7-13-23)18-19-26(33)24-14-8-5-9-15-24/h4-17,20-22,25-26H,3,18-19H2,1-2H3/t25-,26-/m1/s1. The Hall–Kier alpha value is -2.18. The highest BCUT2D eigenvalue weighted by Crippen LogP contribution is 2.89. The molecule has 0 N–H and O–H groups in total. The van der Waals surface area contributed by atoms with Crippen LogP contribution in [0.3, 0.4) is 0 Å². The summed E-state index contributed by atoms with van der Waals surface area (Å²) >= 11 is 0. The van der Waals surface area contributed by atoms with E-state index in [9.17, 15) is 0 Å². The molecule has 1 saturated heterocycles. The number of hydrogen-bond donors (Lipinski definition) is 0. The first kappa shape index (κ1) is 22.6. The predicted molar refractivity (Wildman–Crippen MR) is 140 cm³/mol. The monoisotopic (exact) mass is 475 g/mol. The van der Waals surface area contributed by atoms with Crippen LogP contribution in [-0.2, 0) is 0 Å². The van der Waals surface area contributed by atoms with Crippen LogP contribution in [0.4, 0.5) is 0 Å². The molecule has 0 spiro atoms. The van der Waals surface area contributed by atoms with Crippen molar-refractivity contribution in [1.82, 2.24) is 4.44 Å². The van der Waals surface area contributed by atoms with Gasteiger partial charge in [0, 0.05) is 6.04 Å². The third-order valence-corrected chi connectivity index (χ3v) is 14.9. The van der Waals surface area contributed by atoms with Crippen LogP contribution >= 0.6 is 15.5 Å². The smallest absolute Gasteiger partial charge is 0.151 e. The lowest BCUT2D eigenvalue weighted by atomic mass is 10.0. The molecule has 0 aliphatic carbocycles. The molecule has 3 heterocycles. The molecule has 0 saturated carbocycles. The summed E-state index contributed by atoms with van der Waals surface area (Å²) in [6.45, 7) is 9.82. The Kier molecular flexibility index (Phi) is 6.57. The number of furan rings is 2. The van der Waals surface area contributed by atoms with Gasteiger partial charge in [-0.1, -0.05) is 60.7 Å². The topological polar surface area (TPSA) is 29.5 Å². The van der Waals surface area contributed by atoms with Crippen LogP contribution in [0.2, 0.25) is 0 Å². The highest BCUT2D eigenvalue weighted by atomic mass is 31.2. The van der Waals surface area contributed by atoms with Crippen molar-refractivity contribution < 1.29 is 8.83 Å². The van der Waals surface area contributed by atoms with Crippen LogP contribution < -0.4 is 11.0 Å². The molecule has 3 nitrogen and oxygen atoms in total. The quantitative estimate of drug-likeness (QED) is 0.201. The van der Waals surface area contributed by atoms with Crippen molar-refractivity contribution in [2.45, 2.75) is 44.0 Å². The molecule has 170 valence electrons. The first-order valence-electron chi connectivity index (χ1n) is 11.6. The normalized spacial score (nSPS) is 20.2. The van der Waals surface area contributed by atoms with E-state index in [0.29, 0.717) is 11.3 Å².